The minimum absolute atomic E-state index is 0.136. The Morgan fingerprint density at radius 3 is 2.62 bits per heavy atom. The summed E-state index contributed by atoms with van der Waals surface area (Å²) in [5.41, 5.74) is -0.136. The molecule has 2 heteroatoms. The molecule has 0 amide bonds. The second kappa shape index (κ2) is 4.78. The van der Waals surface area contributed by atoms with Gasteiger partial charge in [0.1, 0.15) is 5.60 Å². The summed E-state index contributed by atoms with van der Waals surface area (Å²) in [5.74, 6) is 8.59. The maximum Gasteiger partial charge on any atom is 0.309 e. The van der Waals surface area contributed by atoms with Crippen LogP contribution in [0.2, 0.25) is 0 Å². The van der Waals surface area contributed by atoms with Crippen LogP contribution in [-0.4, -0.2) is 11.6 Å². The Balaban J connectivity index is 1.10. The van der Waals surface area contributed by atoms with E-state index in [0.29, 0.717) is 11.8 Å². The lowest BCUT2D eigenvalue weighted by atomic mass is 9.69. The maximum atomic E-state index is 13.3. The zero-order chi connectivity index (χ0) is 17.2. The van der Waals surface area contributed by atoms with Crippen LogP contribution in [0.5, 0.6) is 0 Å². The first-order valence-corrected chi connectivity index (χ1v) is 11.5. The third kappa shape index (κ3) is 1.69. The SMILES string of the molecule is CC1(OC(=O)C2CC3CC2C2C4C=CC(C4)C32)CC2CC1C1CCCC21. The van der Waals surface area contributed by atoms with Gasteiger partial charge < -0.3 is 4.74 Å². The number of hydrogen-bond donors (Lipinski definition) is 0. The highest BCUT2D eigenvalue weighted by Gasteiger charge is 2.64. The van der Waals surface area contributed by atoms with Crippen molar-refractivity contribution in [3.8, 4) is 0 Å². The molecule has 0 aromatic carbocycles. The Bertz CT molecular complexity index is 696. The largest absolute Gasteiger partial charge is 0.459 e. The average molecular weight is 353 g/mol. The zero-order valence-electron chi connectivity index (χ0n) is 16.0. The van der Waals surface area contributed by atoms with E-state index in [-0.39, 0.29) is 17.5 Å². The first kappa shape index (κ1) is 15.2. The highest BCUT2D eigenvalue weighted by atomic mass is 16.6. The summed E-state index contributed by atoms with van der Waals surface area (Å²) in [6.45, 7) is 2.29. The van der Waals surface area contributed by atoms with Gasteiger partial charge in [-0.05, 0) is 105 Å². The number of hydrogen-bond acceptors (Lipinski definition) is 2. The summed E-state index contributed by atoms with van der Waals surface area (Å²) < 4.78 is 6.45. The number of fused-ring (bicyclic) bond motifs is 14. The molecule has 140 valence electrons. The zero-order valence-corrected chi connectivity index (χ0v) is 16.0. The van der Waals surface area contributed by atoms with Crippen molar-refractivity contribution in [2.75, 3.05) is 0 Å². The van der Waals surface area contributed by atoms with Crippen molar-refractivity contribution in [1.29, 1.82) is 0 Å². The van der Waals surface area contributed by atoms with Gasteiger partial charge in [-0.2, -0.15) is 0 Å². The molecule has 7 aliphatic carbocycles. The molecular formula is C24H32O2. The summed E-state index contributed by atoms with van der Waals surface area (Å²) in [5, 5.41) is 0. The molecule has 2 nitrogen and oxygen atoms in total. The smallest absolute Gasteiger partial charge is 0.309 e. The molecule has 0 aliphatic heterocycles. The molecule has 0 radical (unpaired) electrons. The lowest BCUT2D eigenvalue weighted by Crippen LogP contribution is -2.45. The number of rotatable bonds is 2. The topological polar surface area (TPSA) is 26.3 Å². The van der Waals surface area contributed by atoms with Gasteiger partial charge in [-0.1, -0.05) is 18.6 Å². The summed E-state index contributed by atoms with van der Waals surface area (Å²) in [4.78, 5) is 13.3. The van der Waals surface area contributed by atoms with Crippen LogP contribution in [0.3, 0.4) is 0 Å². The fourth-order valence-electron chi connectivity index (χ4n) is 10.1. The number of allylic oxidation sites excluding steroid dienone is 2. The normalized spacial score (nSPS) is 62.9. The molecule has 12 unspecified atom stereocenters. The molecule has 26 heavy (non-hydrogen) atoms. The molecule has 12 atom stereocenters. The molecule has 6 fully saturated rings. The van der Waals surface area contributed by atoms with Gasteiger partial charge in [0.2, 0.25) is 0 Å². The van der Waals surface area contributed by atoms with Gasteiger partial charge in [-0.3, -0.25) is 4.79 Å². The van der Waals surface area contributed by atoms with E-state index in [1.807, 2.05) is 0 Å². The second-order valence-electron chi connectivity index (χ2n) is 11.4. The van der Waals surface area contributed by atoms with Gasteiger partial charge in [-0.15, -0.1) is 0 Å². The molecule has 0 heterocycles. The second-order valence-corrected chi connectivity index (χ2v) is 11.4. The minimum Gasteiger partial charge on any atom is -0.459 e. The molecule has 0 aromatic rings. The number of esters is 1. The van der Waals surface area contributed by atoms with E-state index in [1.54, 1.807) is 0 Å². The van der Waals surface area contributed by atoms with Crippen molar-refractivity contribution in [1.82, 2.24) is 0 Å². The van der Waals surface area contributed by atoms with Crippen LogP contribution in [-0.2, 0) is 9.53 Å². The van der Waals surface area contributed by atoms with E-state index in [9.17, 15) is 4.79 Å². The van der Waals surface area contributed by atoms with E-state index in [4.69, 9.17) is 4.74 Å². The van der Waals surface area contributed by atoms with Crippen LogP contribution in [0.4, 0.5) is 0 Å². The number of ether oxygens (including phenoxy) is 1. The van der Waals surface area contributed by atoms with E-state index < -0.39 is 0 Å². The minimum atomic E-state index is -0.136. The lowest BCUT2D eigenvalue weighted by Gasteiger charge is -2.42. The molecule has 0 aromatic heterocycles. The quantitative estimate of drug-likeness (QED) is 0.404. The van der Waals surface area contributed by atoms with Gasteiger partial charge in [0, 0.05) is 5.92 Å². The molecule has 0 saturated heterocycles. The summed E-state index contributed by atoms with van der Waals surface area (Å²) >= 11 is 0. The Kier molecular flexibility index (Phi) is 2.79. The number of carbonyl (C=O) groups excluding carboxylic acids is 1. The number of carbonyl (C=O) groups is 1. The van der Waals surface area contributed by atoms with E-state index >= 15 is 0 Å². The first-order valence-electron chi connectivity index (χ1n) is 11.5. The molecular weight excluding hydrogens is 320 g/mol. The highest BCUT2D eigenvalue weighted by Crippen LogP contribution is 2.68. The lowest BCUT2D eigenvalue weighted by molar-refractivity contribution is -0.175. The third-order valence-electron chi connectivity index (χ3n) is 10.7. The fraction of sp³-hybridized carbons (Fsp3) is 0.875. The van der Waals surface area contributed by atoms with Crippen molar-refractivity contribution in [3.63, 3.8) is 0 Å². The molecule has 7 aliphatic rings. The molecule has 0 spiro atoms. The molecule has 7 rings (SSSR count). The van der Waals surface area contributed by atoms with Crippen LogP contribution in [0.15, 0.2) is 12.2 Å². The molecule has 0 N–H and O–H groups in total. The maximum absolute atomic E-state index is 13.3. The van der Waals surface area contributed by atoms with Crippen molar-refractivity contribution in [2.45, 2.75) is 63.9 Å². The van der Waals surface area contributed by atoms with Crippen molar-refractivity contribution in [3.05, 3.63) is 12.2 Å². The van der Waals surface area contributed by atoms with Gasteiger partial charge in [-0.25, -0.2) is 0 Å². The standard InChI is InChI=1S/C24H32O2/c1-24(11-15-10-20(24)17-4-2-3-16(15)17)26-23(25)19-9-14-8-18(19)22-13-6-5-12(7-13)21(14)22/h5-6,12-22H,2-4,7-11H2,1H3. The van der Waals surface area contributed by atoms with Crippen LogP contribution in [0, 0.1) is 65.1 Å². The van der Waals surface area contributed by atoms with Crippen LogP contribution >= 0.6 is 0 Å². The van der Waals surface area contributed by atoms with Crippen molar-refractivity contribution >= 4 is 5.97 Å². The van der Waals surface area contributed by atoms with E-state index in [1.165, 1.54) is 38.5 Å². The average Bonchev–Trinajstić information content (AvgIpc) is 3.42. The molecule has 6 bridgehead atoms. The Morgan fingerprint density at radius 2 is 1.73 bits per heavy atom. The summed E-state index contributed by atoms with van der Waals surface area (Å²) in [6, 6.07) is 0. The van der Waals surface area contributed by atoms with Crippen LogP contribution < -0.4 is 0 Å². The van der Waals surface area contributed by atoms with Crippen molar-refractivity contribution < 1.29 is 9.53 Å². The van der Waals surface area contributed by atoms with Crippen LogP contribution in [0.25, 0.3) is 0 Å². The fourth-order valence-corrected chi connectivity index (χ4v) is 10.1. The van der Waals surface area contributed by atoms with E-state index in [2.05, 4.69) is 19.1 Å². The van der Waals surface area contributed by atoms with E-state index in [0.717, 1.165) is 60.2 Å². The van der Waals surface area contributed by atoms with Gasteiger partial charge in [0.25, 0.3) is 0 Å². The van der Waals surface area contributed by atoms with Gasteiger partial charge in [0.15, 0.2) is 0 Å². The predicted molar refractivity (Wildman–Crippen MR) is 99.0 cm³/mol. The Hall–Kier alpha value is -0.790. The predicted octanol–water partition coefficient (Wildman–Crippen LogP) is 4.84. The Labute approximate surface area is 157 Å². The van der Waals surface area contributed by atoms with Gasteiger partial charge >= 0.3 is 5.97 Å². The Morgan fingerprint density at radius 1 is 0.923 bits per heavy atom. The third-order valence-corrected chi connectivity index (χ3v) is 10.7. The highest BCUT2D eigenvalue weighted by molar-refractivity contribution is 5.74. The summed E-state index contributed by atoms with van der Waals surface area (Å²) in [6.07, 6.45) is 15.6. The van der Waals surface area contributed by atoms with Crippen molar-refractivity contribution in [2.24, 2.45) is 65.1 Å². The monoisotopic (exact) mass is 352 g/mol. The first-order chi connectivity index (χ1) is 12.6. The van der Waals surface area contributed by atoms with Crippen LogP contribution in [0.1, 0.15) is 58.3 Å². The molecule has 6 saturated carbocycles. The van der Waals surface area contributed by atoms with Gasteiger partial charge in [0.05, 0.1) is 5.92 Å². The summed E-state index contributed by atoms with van der Waals surface area (Å²) in [7, 11) is 0.